The lowest BCUT2D eigenvalue weighted by molar-refractivity contribution is -0.133. The van der Waals surface area contributed by atoms with E-state index in [9.17, 15) is 9.59 Å². The lowest BCUT2D eigenvalue weighted by Crippen LogP contribution is -2.47. The first-order valence-electron chi connectivity index (χ1n) is 9.38. The van der Waals surface area contributed by atoms with E-state index in [1.165, 1.54) is 19.8 Å². The van der Waals surface area contributed by atoms with Crippen LogP contribution in [0.25, 0.3) is 0 Å². The molecule has 5 heteroatoms. The zero-order valence-corrected chi connectivity index (χ0v) is 15.3. The monoisotopic (exact) mass is 343 g/mol. The Morgan fingerprint density at radius 2 is 1.80 bits per heavy atom. The smallest absolute Gasteiger partial charge is 0.225 e. The molecule has 0 radical (unpaired) electrons. The predicted molar refractivity (Wildman–Crippen MR) is 98.0 cm³/mol. The van der Waals surface area contributed by atoms with E-state index in [1.807, 2.05) is 30.3 Å². The van der Waals surface area contributed by atoms with Gasteiger partial charge in [-0.1, -0.05) is 30.3 Å². The van der Waals surface area contributed by atoms with E-state index in [1.54, 1.807) is 0 Å². The molecule has 2 fully saturated rings. The second kappa shape index (κ2) is 8.00. The molecule has 1 aromatic rings. The average molecular weight is 343 g/mol. The van der Waals surface area contributed by atoms with Gasteiger partial charge in [0.1, 0.15) is 0 Å². The summed E-state index contributed by atoms with van der Waals surface area (Å²) in [6, 6.07) is 10.3. The van der Waals surface area contributed by atoms with E-state index in [0.29, 0.717) is 18.5 Å². The van der Waals surface area contributed by atoms with Gasteiger partial charge < -0.3 is 15.1 Å². The molecule has 0 aliphatic carbocycles. The molecule has 1 aromatic carbocycles. The molecule has 0 spiro atoms. The van der Waals surface area contributed by atoms with Crippen molar-refractivity contribution in [3.05, 3.63) is 35.9 Å². The molecule has 3 atom stereocenters. The highest BCUT2D eigenvalue weighted by Gasteiger charge is 2.38. The van der Waals surface area contributed by atoms with Crippen LogP contribution in [0.1, 0.15) is 50.6 Å². The number of hydrogen-bond acceptors (Lipinski definition) is 3. The molecular weight excluding hydrogens is 314 g/mol. The fourth-order valence-corrected chi connectivity index (χ4v) is 4.40. The maximum absolute atomic E-state index is 13.0. The molecule has 1 N–H and O–H groups in total. The molecule has 2 saturated heterocycles. The minimum atomic E-state index is -0.256. The predicted octanol–water partition coefficient (Wildman–Crippen LogP) is 2.34. The summed E-state index contributed by atoms with van der Waals surface area (Å²) >= 11 is 0. The van der Waals surface area contributed by atoms with Gasteiger partial charge in [-0.25, -0.2) is 0 Å². The standard InChI is InChI=1S/C20H29N3O2/c1-15(24)21-17(16-8-4-3-5-9-16)14-20(25)23-13-7-11-19(23)18-10-6-12-22(18)2/h3-5,8-9,17-19H,6-7,10-14H2,1-2H3,(H,21,24)/t17-,18-,19-/m1/s1. The minimum Gasteiger partial charge on any atom is -0.349 e. The van der Waals surface area contributed by atoms with Crippen molar-refractivity contribution in [1.82, 2.24) is 15.1 Å². The van der Waals surface area contributed by atoms with Crippen LogP contribution < -0.4 is 5.32 Å². The normalized spacial score (nSPS) is 25.1. The molecule has 3 rings (SSSR count). The van der Waals surface area contributed by atoms with Gasteiger partial charge in [0.25, 0.3) is 0 Å². The third kappa shape index (κ3) is 4.21. The van der Waals surface area contributed by atoms with Crippen molar-refractivity contribution < 1.29 is 9.59 Å². The number of rotatable bonds is 5. The molecule has 25 heavy (non-hydrogen) atoms. The summed E-state index contributed by atoms with van der Waals surface area (Å²) in [4.78, 5) is 29.1. The fraction of sp³-hybridized carbons (Fsp3) is 0.600. The average Bonchev–Trinajstić information content (AvgIpc) is 3.23. The molecule has 136 valence electrons. The highest BCUT2D eigenvalue weighted by molar-refractivity contribution is 5.79. The van der Waals surface area contributed by atoms with Crippen LogP contribution in [-0.4, -0.2) is 53.8 Å². The van der Waals surface area contributed by atoms with Gasteiger partial charge >= 0.3 is 0 Å². The van der Waals surface area contributed by atoms with Crippen LogP contribution >= 0.6 is 0 Å². The molecule has 2 aliphatic heterocycles. The van der Waals surface area contributed by atoms with E-state index >= 15 is 0 Å². The van der Waals surface area contributed by atoms with Crippen molar-refractivity contribution in [2.75, 3.05) is 20.1 Å². The van der Waals surface area contributed by atoms with Gasteiger partial charge in [0.2, 0.25) is 11.8 Å². The van der Waals surface area contributed by atoms with Crippen LogP contribution in [0.2, 0.25) is 0 Å². The molecule has 0 unspecified atom stereocenters. The third-order valence-electron chi connectivity index (χ3n) is 5.60. The van der Waals surface area contributed by atoms with Gasteiger partial charge in [-0.2, -0.15) is 0 Å². The largest absolute Gasteiger partial charge is 0.349 e. The van der Waals surface area contributed by atoms with E-state index in [-0.39, 0.29) is 17.9 Å². The summed E-state index contributed by atoms with van der Waals surface area (Å²) < 4.78 is 0. The first kappa shape index (κ1) is 17.9. The summed E-state index contributed by atoms with van der Waals surface area (Å²) in [7, 11) is 2.17. The number of likely N-dealkylation sites (N-methyl/N-ethyl adjacent to an activating group) is 1. The Balaban J connectivity index is 1.71. The van der Waals surface area contributed by atoms with Crippen molar-refractivity contribution in [2.45, 2.75) is 57.2 Å². The number of amides is 2. The van der Waals surface area contributed by atoms with Crippen LogP contribution in [0.15, 0.2) is 30.3 Å². The van der Waals surface area contributed by atoms with Crippen LogP contribution in [0, 0.1) is 0 Å². The zero-order valence-electron chi connectivity index (χ0n) is 15.3. The molecule has 0 bridgehead atoms. The highest BCUT2D eigenvalue weighted by Crippen LogP contribution is 2.30. The second-order valence-electron chi connectivity index (χ2n) is 7.35. The Hall–Kier alpha value is -1.88. The molecule has 0 saturated carbocycles. The fourth-order valence-electron chi connectivity index (χ4n) is 4.40. The van der Waals surface area contributed by atoms with E-state index in [4.69, 9.17) is 0 Å². The lowest BCUT2D eigenvalue weighted by atomic mass is 10.0. The number of carbonyl (C=O) groups excluding carboxylic acids is 2. The number of likely N-dealkylation sites (tertiary alicyclic amines) is 2. The Morgan fingerprint density at radius 1 is 1.12 bits per heavy atom. The Morgan fingerprint density at radius 3 is 2.44 bits per heavy atom. The van der Waals surface area contributed by atoms with E-state index in [0.717, 1.165) is 31.5 Å². The van der Waals surface area contributed by atoms with Crippen LogP contribution in [-0.2, 0) is 9.59 Å². The van der Waals surface area contributed by atoms with Crippen molar-refractivity contribution >= 4 is 11.8 Å². The van der Waals surface area contributed by atoms with Crippen LogP contribution in [0.3, 0.4) is 0 Å². The van der Waals surface area contributed by atoms with Gasteiger partial charge in [0.05, 0.1) is 12.5 Å². The van der Waals surface area contributed by atoms with Crippen molar-refractivity contribution in [3.8, 4) is 0 Å². The number of carbonyl (C=O) groups is 2. The molecule has 0 aromatic heterocycles. The summed E-state index contributed by atoms with van der Waals surface area (Å²) in [5.74, 6) is 0.0561. The van der Waals surface area contributed by atoms with Gasteiger partial charge in [0, 0.05) is 25.6 Å². The SMILES string of the molecule is CC(=O)N[C@H](CC(=O)N1CCC[C@@H]1[C@H]1CCCN1C)c1ccccc1. The third-order valence-corrected chi connectivity index (χ3v) is 5.60. The first-order valence-corrected chi connectivity index (χ1v) is 9.38. The summed E-state index contributed by atoms with van der Waals surface area (Å²) in [6.45, 7) is 3.48. The summed E-state index contributed by atoms with van der Waals surface area (Å²) in [5.41, 5.74) is 0.986. The Labute approximate surface area is 150 Å². The molecule has 2 amide bonds. The zero-order chi connectivity index (χ0) is 17.8. The summed E-state index contributed by atoms with van der Waals surface area (Å²) in [5, 5.41) is 2.95. The van der Waals surface area contributed by atoms with Gasteiger partial charge in [-0.15, -0.1) is 0 Å². The lowest BCUT2D eigenvalue weighted by Gasteiger charge is -2.34. The van der Waals surface area contributed by atoms with Crippen molar-refractivity contribution in [2.24, 2.45) is 0 Å². The van der Waals surface area contributed by atoms with Gasteiger partial charge in [-0.05, 0) is 44.8 Å². The molecule has 5 nitrogen and oxygen atoms in total. The molecule has 2 aliphatic rings. The van der Waals surface area contributed by atoms with Gasteiger partial charge in [-0.3, -0.25) is 9.59 Å². The number of nitrogens with one attached hydrogen (secondary N) is 1. The maximum Gasteiger partial charge on any atom is 0.225 e. The molecular formula is C20H29N3O2. The minimum absolute atomic E-state index is 0.102. The summed E-state index contributed by atoms with van der Waals surface area (Å²) in [6.07, 6.45) is 4.90. The van der Waals surface area contributed by atoms with Gasteiger partial charge in [0.15, 0.2) is 0 Å². The van der Waals surface area contributed by atoms with Crippen molar-refractivity contribution in [3.63, 3.8) is 0 Å². The van der Waals surface area contributed by atoms with Crippen LogP contribution in [0.4, 0.5) is 0 Å². The Bertz CT molecular complexity index is 604. The van der Waals surface area contributed by atoms with Crippen LogP contribution in [0.5, 0.6) is 0 Å². The number of benzene rings is 1. The number of nitrogens with zero attached hydrogens (tertiary/aromatic N) is 2. The topological polar surface area (TPSA) is 52.7 Å². The van der Waals surface area contributed by atoms with Crippen molar-refractivity contribution in [1.29, 1.82) is 0 Å². The first-order chi connectivity index (χ1) is 12.1. The quantitative estimate of drug-likeness (QED) is 0.893. The highest BCUT2D eigenvalue weighted by atomic mass is 16.2. The maximum atomic E-state index is 13.0. The van der Waals surface area contributed by atoms with E-state index in [2.05, 4.69) is 22.2 Å². The molecule has 2 heterocycles. The second-order valence-corrected chi connectivity index (χ2v) is 7.35. The number of hydrogen-bond donors (Lipinski definition) is 1. The Kier molecular flexibility index (Phi) is 5.74. The van der Waals surface area contributed by atoms with E-state index < -0.39 is 0 Å².